The number of ether oxygens (including phenoxy) is 2. The number of nitrogens with one attached hydrogen (secondary N) is 1. The molecule has 32 heavy (non-hydrogen) atoms. The van der Waals surface area contributed by atoms with Crippen LogP contribution < -0.4 is 10.1 Å². The molecule has 6 nitrogen and oxygen atoms in total. The fraction of sp³-hybridized carbons (Fsp3) is 0.269. The van der Waals surface area contributed by atoms with Crippen LogP contribution in [0.5, 0.6) is 5.75 Å². The second-order valence-corrected chi connectivity index (χ2v) is 7.95. The van der Waals surface area contributed by atoms with Crippen molar-refractivity contribution in [2.75, 3.05) is 20.3 Å². The van der Waals surface area contributed by atoms with Crippen molar-refractivity contribution < 1.29 is 24.5 Å². The Morgan fingerprint density at radius 2 is 1.62 bits per heavy atom. The molecule has 0 saturated carbocycles. The van der Waals surface area contributed by atoms with Crippen LogP contribution >= 0.6 is 0 Å². The minimum atomic E-state index is -1.19. The first-order valence-corrected chi connectivity index (χ1v) is 10.6. The smallest absolute Gasteiger partial charge is 0.407 e. The number of aliphatic hydroxyl groups excluding tert-OH is 2. The molecule has 3 aromatic rings. The minimum absolute atomic E-state index is 0.0383. The van der Waals surface area contributed by atoms with Crippen LogP contribution in [0.4, 0.5) is 4.79 Å². The summed E-state index contributed by atoms with van der Waals surface area (Å²) in [6.45, 7) is 1.94. The average Bonchev–Trinajstić information content (AvgIpc) is 3.14. The molecule has 0 heterocycles. The molecule has 0 aromatic heterocycles. The van der Waals surface area contributed by atoms with Crippen LogP contribution in [-0.4, -0.2) is 42.7 Å². The van der Waals surface area contributed by atoms with E-state index in [1.54, 1.807) is 19.2 Å². The standard InChI is InChI=1S/C26H27NO5/c1-16-11-12-17(13-24(16)31-2)25(29)23(28)14-27-26(30)32-15-22-20-9-5-3-7-18(20)19-8-4-6-10-21(19)22/h3-13,22-23,25,28-29H,14-15H2,1-2H3,(H,27,30). The molecule has 0 aliphatic heterocycles. The summed E-state index contributed by atoms with van der Waals surface area (Å²) in [5, 5.41) is 23.3. The molecule has 3 N–H and O–H groups in total. The van der Waals surface area contributed by atoms with Crippen molar-refractivity contribution >= 4 is 6.09 Å². The maximum atomic E-state index is 12.3. The monoisotopic (exact) mass is 433 g/mol. The van der Waals surface area contributed by atoms with Crippen molar-refractivity contribution in [3.63, 3.8) is 0 Å². The number of alkyl carbamates (subject to hydrolysis) is 1. The fourth-order valence-corrected chi connectivity index (χ4v) is 4.19. The normalized spacial score (nSPS) is 14.2. The summed E-state index contributed by atoms with van der Waals surface area (Å²) in [5.41, 5.74) is 6.01. The number of hydrogen-bond acceptors (Lipinski definition) is 5. The minimum Gasteiger partial charge on any atom is -0.496 e. The molecule has 0 fully saturated rings. The van der Waals surface area contributed by atoms with Crippen molar-refractivity contribution in [3.05, 3.63) is 89.0 Å². The number of aliphatic hydroxyl groups is 2. The van der Waals surface area contributed by atoms with Crippen LogP contribution in [0, 0.1) is 6.92 Å². The quantitative estimate of drug-likeness (QED) is 0.525. The molecule has 4 rings (SSSR count). The predicted octanol–water partition coefficient (Wildman–Crippen LogP) is 3.94. The number of hydrogen-bond donors (Lipinski definition) is 3. The summed E-state index contributed by atoms with van der Waals surface area (Å²) in [4.78, 5) is 12.3. The lowest BCUT2D eigenvalue weighted by molar-refractivity contribution is 0.0184. The lowest BCUT2D eigenvalue weighted by atomic mass is 9.98. The molecule has 2 atom stereocenters. The third-order valence-corrected chi connectivity index (χ3v) is 5.94. The van der Waals surface area contributed by atoms with Gasteiger partial charge < -0.3 is 25.0 Å². The summed E-state index contributed by atoms with van der Waals surface area (Å²) in [6.07, 6.45) is -3.00. The molecule has 0 radical (unpaired) electrons. The van der Waals surface area contributed by atoms with E-state index in [0.717, 1.165) is 27.8 Å². The molecule has 0 spiro atoms. The summed E-state index contributed by atoms with van der Waals surface area (Å²) in [6, 6.07) is 21.4. The number of rotatable bonds is 7. The van der Waals surface area contributed by atoms with Gasteiger partial charge in [0, 0.05) is 12.5 Å². The summed E-state index contributed by atoms with van der Waals surface area (Å²) < 4.78 is 10.7. The van der Waals surface area contributed by atoms with Gasteiger partial charge in [-0.05, 0) is 46.4 Å². The van der Waals surface area contributed by atoms with Gasteiger partial charge >= 0.3 is 6.09 Å². The highest BCUT2D eigenvalue weighted by molar-refractivity contribution is 5.79. The molecule has 1 aliphatic carbocycles. The maximum Gasteiger partial charge on any atom is 0.407 e. The first kappa shape index (κ1) is 21.9. The second-order valence-electron chi connectivity index (χ2n) is 7.95. The first-order chi connectivity index (χ1) is 15.5. The molecule has 1 amide bonds. The van der Waals surface area contributed by atoms with E-state index in [0.29, 0.717) is 11.3 Å². The van der Waals surface area contributed by atoms with Gasteiger partial charge in [0.2, 0.25) is 0 Å². The average molecular weight is 434 g/mol. The Labute approximate surface area is 187 Å². The molecule has 0 bridgehead atoms. The van der Waals surface area contributed by atoms with E-state index in [9.17, 15) is 15.0 Å². The van der Waals surface area contributed by atoms with Gasteiger partial charge in [0.1, 0.15) is 24.6 Å². The third kappa shape index (κ3) is 4.33. The van der Waals surface area contributed by atoms with E-state index in [1.807, 2.05) is 37.3 Å². The molecule has 2 unspecified atom stereocenters. The van der Waals surface area contributed by atoms with Crippen LogP contribution in [-0.2, 0) is 4.74 Å². The molecule has 3 aromatic carbocycles. The van der Waals surface area contributed by atoms with E-state index in [-0.39, 0.29) is 19.1 Å². The SMILES string of the molecule is COc1cc(C(O)C(O)CNC(=O)OCC2c3ccccc3-c3ccccc32)ccc1C. The molecule has 166 valence electrons. The van der Waals surface area contributed by atoms with E-state index in [2.05, 4.69) is 29.6 Å². The van der Waals surface area contributed by atoms with Crippen LogP contribution in [0.15, 0.2) is 66.7 Å². The van der Waals surface area contributed by atoms with E-state index in [1.165, 1.54) is 0 Å². The molecule has 6 heteroatoms. The Balaban J connectivity index is 1.34. The van der Waals surface area contributed by atoms with Crippen LogP contribution in [0.2, 0.25) is 0 Å². The number of benzene rings is 3. The van der Waals surface area contributed by atoms with E-state index in [4.69, 9.17) is 9.47 Å². The Morgan fingerprint density at radius 1 is 1.00 bits per heavy atom. The van der Waals surface area contributed by atoms with Gasteiger partial charge in [-0.3, -0.25) is 0 Å². The highest BCUT2D eigenvalue weighted by atomic mass is 16.5. The predicted molar refractivity (Wildman–Crippen MR) is 122 cm³/mol. The van der Waals surface area contributed by atoms with Crippen molar-refractivity contribution in [2.24, 2.45) is 0 Å². The van der Waals surface area contributed by atoms with Gasteiger partial charge in [-0.1, -0.05) is 60.7 Å². The highest BCUT2D eigenvalue weighted by Crippen LogP contribution is 2.44. The van der Waals surface area contributed by atoms with Crippen molar-refractivity contribution in [3.8, 4) is 16.9 Å². The summed E-state index contributed by atoms with van der Waals surface area (Å²) in [7, 11) is 1.55. The molecular weight excluding hydrogens is 406 g/mol. The molecular formula is C26H27NO5. The van der Waals surface area contributed by atoms with E-state index >= 15 is 0 Å². The highest BCUT2D eigenvalue weighted by Gasteiger charge is 2.29. The third-order valence-electron chi connectivity index (χ3n) is 5.94. The zero-order chi connectivity index (χ0) is 22.7. The van der Waals surface area contributed by atoms with Gasteiger partial charge in [0.15, 0.2) is 0 Å². The van der Waals surface area contributed by atoms with Crippen molar-refractivity contribution in [1.82, 2.24) is 5.32 Å². The van der Waals surface area contributed by atoms with Gasteiger partial charge in [-0.2, -0.15) is 0 Å². The lowest BCUT2D eigenvalue weighted by Crippen LogP contribution is -2.36. The fourth-order valence-electron chi connectivity index (χ4n) is 4.19. The number of aryl methyl sites for hydroxylation is 1. The van der Waals surface area contributed by atoms with Gasteiger partial charge in [0.05, 0.1) is 7.11 Å². The van der Waals surface area contributed by atoms with Crippen molar-refractivity contribution in [1.29, 1.82) is 0 Å². The van der Waals surface area contributed by atoms with Crippen molar-refractivity contribution in [2.45, 2.75) is 25.0 Å². The topological polar surface area (TPSA) is 88.0 Å². The Morgan fingerprint density at radius 3 is 2.25 bits per heavy atom. The number of fused-ring (bicyclic) bond motifs is 3. The van der Waals surface area contributed by atoms with Crippen LogP contribution in [0.3, 0.4) is 0 Å². The maximum absolute atomic E-state index is 12.3. The first-order valence-electron chi connectivity index (χ1n) is 10.6. The van der Waals surface area contributed by atoms with Gasteiger partial charge in [-0.25, -0.2) is 4.79 Å². The molecule has 1 aliphatic rings. The van der Waals surface area contributed by atoms with E-state index < -0.39 is 18.3 Å². The number of amides is 1. The number of methoxy groups -OCH3 is 1. The largest absolute Gasteiger partial charge is 0.496 e. The lowest BCUT2D eigenvalue weighted by Gasteiger charge is -2.20. The van der Waals surface area contributed by atoms with Crippen LogP contribution in [0.25, 0.3) is 11.1 Å². The number of carbonyl (C=O) groups excluding carboxylic acids is 1. The Kier molecular flexibility index (Phi) is 6.44. The summed E-state index contributed by atoms with van der Waals surface area (Å²) >= 11 is 0. The zero-order valence-electron chi connectivity index (χ0n) is 18.1. The zero-order valence-corrected chi connectivity index (χ0v) is 18.1. The summed E-state index contributed by atoms with van der Waals surface area (Å²) in [5.74, 6) is 0.585. The van der Waals surface area contributed by atoms with Crippen LogP contribution in [0.1, 0.15) is 34.3 Å². The molecule has 0 saturated heterocycles. The Bertz CT molecular complexity index is 1070. The number of carbonyl (C=O) groups is 1. The van der Waals surface area contributed by atoms with Gasteiger partial charge in [0.25, 0.3) is 0 Å². The second kappa shape index (κ2) is 9.42. The Hall–Kier alpha value is -3.35. The van der Waals surface area contributed by atoms with Gasteiger partial charge in [-0.15, -0.1) is 0 Å².